The third kappa shape index (κ3) is 10.4. The summed E-state index contributed by atoms with van der Waals surface area (Å²) in [5.74, 6) is -6.31. The van der Waals surface area contributed by atoms with Crippen LogP contribution in [0.1, 0.15) is 84.5 Å². The Morgan fingerprint density at radius 3 is 1.38 bits per heavy atom. The van der Waals surface area contributed by atoms with Gasteiger partial charge < -0.3 is 47.4 Å². The number of carbonyl (C=O) groups is 7. The van der Waals surface area contributed by atoms with E-state index in [1.807, 2.05) is 0 Å². The van der Waals surface area contributed by atoms with Gasteiger partial charge in [-0.2, -0.15) is 0 Å². The minimum absolute atomic E-state index is 0.0186. The maximum absolute atomic E-state index is 13.9. The standard InChI is InChI=1S/C47H52O17/c1-25(48)59-36-22-38(63-45(53)30-10-16-33(56-6)17-11-30)42(61-27(3)50)35-20-21-47(24-58-44(52)29-8-14-32(55-5)15-9-29)41(40(35)36)37(60-26(2)49)23-39(43(47)62-28(4)51)64-46(54)31-12-18-34(57-7)19-13-31/h8-19,35-43H,20-24H2,1-7H3/t35-,36-,37-,38-,39-,40+,41+,42+,43-,47+/m1/s1. The molecule has 3 aromatic carbocycles. The number of rotatable bonds is 14. The van der Waals surface area contributed by atoms with Gasteiger partial charge in [0.25, 0.3) is 0 Å². The van der Waals surface area contributed by atoms with Crippen molar-refractivity contribution in [1.82, 2.24) is 0 Å². The van der Waals surface area contributed by atoms with Crippen LogP contribution in [0, 0.1) is 23.2 Å². The molecule has 0 radical (unpaired) electrons. The van der Waals surface area contributed by atoms with Gasteiger partial charge in [-0.05, 0) is 85.6 Å². The molecule has 342 valence electrons. The van der Waals surface area contributed by atoms with Crippen molar-refractivity contribution in [3.05, 3.63) is 89.5 Å². The first-order chi connectivity index (χ1) is 30.6. The maximum atomic E-state index is 13.9. The zero-order valence-electron chi connectivity index (χ0n) is 36.6. The van der Waals surface area contributed by atoms with E-state index in [1.54, 1.807) is 36.4 Å². The Balaban J connectivity index is 1.47. The van der Waals surface area contributed by atoms with E-state index < -0.39 is 108 Å². The zero-order valence-corrected chi connectivity index (χ0v) is 36.6. The summed E-state index contributed by atoms with van der Waals surface area (Å²) in [5.41, 5.74) is -1.05. The molecule has 64 heavy (non-hydrogen) atoms. The Morgan fingerprint density at radius 1 is 0.500 bits per heavy atom. The van der Waals surface area contributed by atoms with Crippen LogP contribution in [0.3, 0.4) is 0 Å². The Kier molecular flexibility index (Phi) is 14.8. The van der Waals surface area contributed by atoms with Gasteiger partial charge in [0.2, 0.25) is 0 Å². The lowest BCUT2D eigenvalue weighted by atomic mass is 9.47. The average molecular weight is 889 g/mol. The van der Waals surface area contributed by atoms with Crippen molar-refractivity contribution in [2.24, 2.45) is 23.2 Å². The number of fused-ring (bicyclic) bond motifs is 3. The molecule has 3 saturated carbocycles. The van der Waals surface area contributed by atoms with E-state index >= 15 is 0 Å². The molecule has 3 aliphatic rings. The first-order valence-electron chi connectivity index (χ1n) is 20.8. The molecule has 0 heterocycles. The molecule has 0 amide bonds. The van der Waals surface area contributed by atoms with E-state index in [1.165, 1.54) is 85.4 Å². The van der Waals surface area contributed by atoms with Gasteiger partial charge >= 0.3 is 41.8 Å². The van der Waals surface area contributed by atoms with Gasteiger partial charge in [-0.1, -0.05) is 0 Å². The van der Waals surface area contributed by atoms with Gasteiger partial charge in [-0.15, -0.1) is 0 Å². The first-order valence-corrected chi connectivity index (χ1v) is 20.8. The molecule has 17 heteroatoms. The third-order valence-electron chi connectivity index (χ3n) is 12.2. The fourth-order valence-electron chi connectivity index (χ4n) is 9.70. The van der Waals surface area contributed by atoms with Gasteiger partial charge in [0, 0.05) is 58.3 Å². The molecule has 0 spiro atoms. The van der Waals surface area contributed by atoms with Gasteiger partial charge in [-0.25, -0.2) is 14.4 Å². The largest absolute Gasteiger partial charge is 0.497 e. The average Bonchev–Trinajstić information content (AvgIpc) is 3.27. The maximum Gasteiger partial charge on any atom is 0.338 e. The monoisotopic (exact) mass is 888 g/mol. The lowest BCUT2D eigenvalue weighted by Gasteiger charge is -2.62. The zero-order chi connectivity index (χ0) is 46.3. The molecule has 3 fully saturated rings. The summed E-state index contributed by atoms with van der Waals surface area (Å²) in [6.07, 6.45) is -7.42. The molecule has 3 aromatic rings. The van der Waals surface area contributed by atoms with Crippen LogP contribution < -0.4 is 14.2 Å². The lowest BCUT2D eigenvalue weighted by molar-refractivity contribution is -0.265. The molecule has 10 atom stereocenters. The van der Waals surface area contributed by atoms with Crippen LogP contribution in [0.5, 0.6) is 17.2 Å². The van der Waals surface area contributed by atoms with Crippen molar-refractivity contribution in [1.29, 1.82) is 0 Å². The van der Waals surface area contributed by atoms with Crippen molar-refractivity contribution < 1.29 is 80.9 Å². The Hall–Kier alpha value is -6.65. The van der Waals surface area contributed by atoms with Crippen LogP contribution in [0.25, 0.3) is 0 Å². The number of hydrogen-bond acceptors (Lipinski definition) is 17. The van der Waals surface area contributed by atoms with E-state index in [2.05, 4.69) is 0 Å². The first kappa shape index (κ1) is 46.8. The van der Waals surface area contributed by atoms with E-state index in [0.717, 1.165) is 0 Å². The van der Waals surface area contributed by atoms with Crippen LogP contribution in [-0.2, 0) is 52.3 Å². The van der Waals surface area contributed by atoms with E-state index in [4.69, 9.17) is 47.4 Å². The van der Waals surface area contributed by atoms with Crippen molar-refractivity contribution in [3.8, 4) is 17.2 Å². The van der Waals surface area contributed by atoms with Crippen molar-refractivity contribution in [3.63, 3.8) is 0 Å². The van der Waals surface area contributed by atoms with Crippen LogP contribution >= 0.6 is 0 Å². The molecule has 0 unspecified atom stereocenters. The van der Waals surface area contributed by atoms with Crippen molar-refractivity contribution in [2.75, 3.05) is 27.9 Å². The van der Waals surface area contributed by atoms with E-state index in [-0.39, 0.29) is 42.4 Å². The second-order valence-corrected chi connectivity index (χ2v) is 16.1. The third-order valence-corrected chi connectivity index (χ3v) is 12.2. The van der Waals surface area contributed by atoms with Gasteiger partial charge in [0.1, 0.15) is 60.5 Å². The normalized spacial score (nSPS) is 26.8. The number of ether oxygens (including phenoxy) is 10. The number of carbonyl (C=O) groups excluding carboxylic acids is 7. The van der Waals surface area contributed by atoms with Crippen molar-refractivity contribution >= 4 is 41.8 Å². The lowest BCUT2D eigenvalue weighted by Crippen LogP contribution is -2.70. The molecular formula is C47H52O17. The molecule has 0 saturated heterocycles. The predicted octanol–water partition coefficient (Wildman–Crippen LogP) is 5.48. The molecular weight excluding hydrogens is 836 g/mol. The van der Waals surface area contributed by atoms with Crippen molar-refractivity contribution in [2.45, 2.75) is 90.0 Å². The van der Waals surface area contributed by atoms with E-state index in [9.17, 15) is 33.6 Å². The fraction of sp³-hybridized carbons (Fsp3) is 0.468. The minimum Gasteiger partial charge on any atom is -0.497 e. The Labute approximate surface area is 369 Å². The highest BCUT2D eigenvalue weighted by atomic mass is 16.6. The summed E-state index contributed by atoms with van der Waals surface area (Å²) in [6.45, 7) is 4.32. The molecule has 17 nitrogen and oxygen atoms in total. The highest BCUT2D eigenvalue weighted by Crippen LogP contribution is 2.61. The smallest absolute Gasteiger partial charge is 0.338 e. The second-order valence-electron chi connectivity index (χ2n) is 16.1. The highest BCUT2D eigenvalue weighted by Gasteiger charge is 2.69. The topological polar surface area (TPSA) is 212 Å². The number of methoxy groups -OCH3 is 3. The summed E-state index contributed by atoms with van der Waals surface area (Å²) in [6, 6.07) is 18.5. The molecule has 0 aliphatic heterocycles. The summed E-state index contributed by atoms with van der Waals surface area (Å²) in [5, 5.41) is 0. The summed E-state index contributed by atoms with van der Waals surface area (Å²) in [7, 11) is 4.44. The summed E-state index contributed by atoms with van der Waals surface area (Å²) in [4.78, 5) is 93.6. The summed E-state index contributed by atoms with van der Waals surface area (Å²) >= 11 is 0. The minimum atomic E-state index is -1.52. The predicted molar refractivity (Wildman–Crippen MR) is 221 cm³/mol. The van der Waals surface area contributed by atoms with Crippen LogP contribution in [0.15, 0.2) is 72.8 Å². The quantitative estimate of drug-likeness (QED) is 0.145. The SMILES string of the molecule is COc1ccc(C(=O)OC[C@@]23CC[C@H]4[C@H](OC(C)=O)[C@H](OC(=O)c5ccc(OC)cc5)C[C@@H](OC(C)=O)[C@H]4[C@@H]2[C@H](OC(C)=O)C[C@@H](OC(=O)c2ccc(OC)cc2)[C@H]3OC(C)=O)cc1. The highest BCUT2D eigenvalue weighted by molar-refractivity contribution is 5.91. The number of hydrogen-bond donors (Lipinski definition) is 0. The molecule has 6 rings (SSSR count). The number of esters is 7. The Bertz CT molecular complexity index is 2190. The van der Waals surface area contributed by atoms with Gasteiger partial charge in [0.15, 0.2) is 0 Å². The van der Waals surface area contributed by atoms with Crippen LogP contribution in [0.4, 0.5) is 0 Å². The molecule has 0 N–H and O–H groups in total. The van der Waals surface area contributed by atoms with Gasteiger partial charge in [0.05, 0.1) is 43.4 Å². The Morgan fingerprint density at radius 2 is 0.922 bits per heavy atom. The van der Waals surface area contributed by atoms with Crippen LogP contribution in [-0.4, -0.2) is 106 Å². The van der Waals surface area contributed by atoms with E-state index in [0.29, 0.717) is 17.2 Å². The fourth-order valence-corrected chi connectivity index (χ4v) is 9.70. The number of benzene rings is 3. The molecule has 3 aliphatic carbocycles. The van der Waals surface area contributed by atoms with Gasteiger partial charge in [-0.3, -0.25) is 19.2 Å². The van der Waals surface area contributed by atoms with Crippen LogP contribution in [0.2, 0.25) is 0 Å². The second kappa shape index (κ2) is 20.2. The molecule has 0 aromatic heterocycles. The molecule has 0 bridgehead atoms. The summed E-state index contributed by atoms with van der Waals surface area (Å²) < 4.78 is 58.4.